The van der Waals surface area contributed by atoms with Gasteiger partial charge in [-0.3, -0.25) is 0 Å². The molecule has 5 nitrogen and oxygen atoms in total. The number of carbonyl (C=O) groups is 1. The molecule has 1 N–H and O–H groups in total. The van der Waals surface area contributed by atoms with Gasteiger partial charge in [0, 0.05) is 0 Å². The van der Waals surface area contributed by atoms with Crippen LogP contribution in [0, 0.1) is 0 Å². The van der Waals surface area contributed by atoms with Gasteiger partial charge in [0.25, 0.3) is 0 Å². The van der Waals surface area contributed by atoms with Crippen LogP contribution < -0.4 is 0 Å². The number of aromatic nitrogens is 1. The molecule has 0 atom stereocenters. The Balaban J connectivity index is 2.98. The third-order valence-corrected chi connectivity index (χ3v) is 1.36. The SMILES string of the molecule is COC(=O)c1cccc(C=NO)n1. The van der Waals surface area contributed by atoms with Crippen molar-refractivity contribution in [3.8, 4) is 0 Å². The van der Waals surface area contributed by atoms with E-state index >= 15 is 0 Å². The van der Waals surface area contributed by atoms with E-state index in [1.54, 1.807) is 12.1 Å². The smallest absolute Gasteiger partial charge is 0.356 e. The Kier molecular flexibility index (Phi) is 2.97. The highest BCUT2D eigenvalue weighted by Gasteiger charge is 2.05. The van der Waals surface area contributed by atoms with Gasteiger partial charge in [0.15, 0.2) is 0 Å². The molecule has 13 heavy (non-hydrogen) atoms. The molecular weight excluding hydrogens is 172 g/mol. The highest BCUT2D eigenvalue weighted by molar-refractivity contribution is 5.88. The number of methoxy groups -OCH3 is 1. The zero-order valence-electron chi connectivity index (χ0n) is 6.97. The van der Waals surface area contributed by atoms with Gasteiger partial charge in [0.05, 0.1) is 19.0 Å². The number of oxime groups is 1. The first-order valence-electron chi connectivity index (χ1n) is 3.50. The van der Waals surface area contributed by atoms with Crippen molar-refractivity contribution in [2.24, 2.45) is 5.16 Å². The monoisotopic (exact) mass is 180 g/mol. The Morgan fingerprint density at radius 2 is 2.46 bits per heavy atom. The summed E-state index contributed by atoms with van der Waals surface area (Å²) < 4.78 is 4.46. The van der Waals surface area contributed by atoms with Gasteiger partial charge in [0.1, 0.15) is 5.69 Å². The van der Waals surface area contributed by atoms with E-state index in [0.717, 1.165) is 6.21 Å². The molecule has 0 aliphatic rings. The normalized spacial score (nSPS) is 10.2. The number of rotatable bonds is 2. The second-order valence-corrected chi connectivity index (χ2v) is 2.18. The van der Waals surface area contributed by atoms with Crippen molar-refractivity contribution in [2.45, 2.75) is 0 Å². The van der Waals surface area contributed by atoms with E-state index in [1.165, 1.54) is 13.2 Å². The summed E-state index contributed by atoms with van der Waals surface area (Å²) >= 11 is 0. The van der Waals surface area contributed by atoms with Gasteiger partial charge in [-0.1, -0.05) is 11.2 Å². The molecule has 0 saturated carbocycles. The van der Waals surface area contributed by atoms with Crippen molar-refractivity contribution in [2.75, 3.05) is 7.11 Å². The minimum absolute atomic E-state index is 0.180. The van der Waals surface area contributed by atoms with Crippen LogP contribution in [0.15, 0.2) is 23.4 Å². The quantitative estimate of drug-likeness (QED) is 0.314. The lowest BCUT2D eigenvalue weighted by atomic mass is 10.3. The standard InChI is InChI=1S/C8H8N2O3/c1-13-8(11)7-4-2-3-6(10-7)5-9-12/h2-5,12H,1H3. The Labute approximate surface area is 74.7 Å². The van der Waals surface area contributed by atoms with E-state index in [2.05, 4.69) is 14.9 Å². The van der Waals surface area contributed by atoms with Crippen LogP contribution in [0.4, 0.5) is 0 Å². The predicted octanol–water partition coefficient (Wildman–Crippen LogP) is 0.676. The Bertz CT molecular complexity index is 336. The first-order chi connectivity index (χ1) is 6.27. The van der Waals surface area contributed by atoms with E-state index in [0.29, 0.717) is 5.69 Å². The highest BCUT2D eigenvalue weighted by atomic mass is 16.5. The fourth-order valence-electron chi connectivity index (χ4n) is 0.801. The van der Waals surface area contributed by atoms with Crippen LogP contribution in [-0.4, -0.2) is 29.5 Å². The van der Waals surface area contributed by atoms with Gasteiger partial charge in [-0.15, -0.1) is 0 Å². The molecule has 0 saturated heterocycles. The number of pyridine rings is 1. The summed E-state index contributed by atoms with van der Waals surface area (Å²) in [6.07, 6.45) is 1.13. The molecular formula is C8H8N2O3. The lowest BCUT2D eigenvalue weighted by Crippen LogP contribution is -2.05. The predicted molar refractivity (Wildman–Crippen MR) is 45.0 cm³/mol. The molecule has 1 aromatic rings. The zero-order chi connectivity index (χ0) is 9.68. The third kappa shape index (κ3) is 2.26. The number of esters is 1. The largest absolute Gasteiger partial charge is 0.464 e. The molecule has 0 aliphatic carbocycles. The lowest BCUT2D eigenvalue weighted by Gasteiger charge is -1.97. The molecule has 68 valence electrons. The molecule has 0 radical (unpaired) electrons. The van der Waals surface area contributed by atoms with Crippen LogP contribution in [0.25, 0.3) is 0 Å². The molecule has 0 aliphatic heterocycles. The maximum atomic E-state index is 11.0. The summed E-state index contributed by atoms with van der Waals surface area (Å²) in [6.45, 7) is 0. The number of hydrogen-bond acceptors (Lipinski definition) is 5. The van der Waals surface area contributed by atoms with E-state index in [9.17, 15) is 4.79 Å². The number of ether oxygens (including phenoxy) is 1. The van der Waals surface area contributed by atoms with Gasteiger partial charge in [0.2, 0.25) is 0 Å². The van der Waals surface area contributed by atoms with E-state index in [-0.39, 0.29) is 5.69 Å². The molecule has 0 aromatic carbocycles. The van der Waals surface area contributed by atoms with Crippen molar-refractivity contribution in [3.63, 3.8) is 0 Å². The number of nitrogens with zero attached hydrogens (tertiary/aromatic N) is 2. The zero-order valence-corrected chi connectivity index (χ0v) is 6.97. The maximum Gasteiger partial charge on any atom is 0.356 e. The highest BCUT2D eigenvalue weighted by Crippen LogP contribution is 1.98. The topological polar surface area (TPSA) is 71.8 Å². The minimum Gasteiger partial charge on any atom is -0.464 e. The molecule has 0 bridgehead atoms. The van der Waals surface area contributed by atoms with Crippen molar-refractivity contribution < 1.29 is 14.7 Å². The summed E-state index contributed by atoms with van der Waals surface area (Å²) in [5, 5.41) is 11.0. The summed E-state index contributed by atoms with van der Waals surface area (Å²) in [6, 6.07) is 4.74. The van der Waals surface area contributed by atoms with Crippen LogP contribution in [-0.2, 0) is 4.74 Å². The Morgan fingerprint density at radius 3 is 3.08 bits per heavy atom. The van der Waals surface area contributed by atoms with Gasteiger partial charge in [-0.05, 0) is 12.1 Å². The summed E-state index contributed by atoms with van der Waals surface area (Å²) in [7, 11) is 1.27. The first kappa shape index (κ1) is 9.18. The molecule has 0 fully saturated rings. The van der Waals surface area contributed by atoms with Gasteiger partial charge in [-0.2, -0.15) is 0 Å². The first-order valence-corrected chi connectivity index (χ1v) is 3.50. The van der Waals surface area contributed by atoms with Gasteiger partial charge < -0.3 is 9.94 Å². The number of carbonyl (C=O) groups excluding carboxylic acids is 1. The lowest BCUT2D eigenvalue weighted by molar-refractivity contribution is 0.0594. The van der Waals surface area contributed by atoms with Crippen LogP contribution in [0.3, 0.4) is 0 Å². The second kappa shape index (κ2) is 4.20. The Morgan fingerprint density at radius 1 is 1.69 bits per heavy atom. The molecule has 0 spiro atoms. The van der Waals surface area contributed by atoms with Crippen molar-refractivity contribution in [1.29, 1.82) is 0 Å². The van der Waals surface area contributed by atoms with Crippen molar-refractivity contribution >= 4 is 12.2 Å². The molecule has 0 amide bonds. The molecule has 1 rings (SSSR count). The Hall–Kier alpha value is -1.91. The van der Waals surface area contributed by atoms with Gasteiger partial charge >= 0.3 is 5.97 Å². The summed E-state index contributed by atoms with van der Waals surface area (Å²) in [5.41, 5.74) is 0.574. The van der Waals surface area contributed by atoms with Crippen molar-refractivity contribution in [3.05, 3.63) is 29.6 Å². The van der Waals surface area contributed by atoms with E-state index in [4.69, 9.17) is 5.21 Å². The van der Waals surface area contributed by atoms with E-state index in [1.807, 2.05) is 0 Å². The molecule has 5 heteroatoms. The average Bonchev–Trinajstić information content (AvgIpc) is 2.18. The second-order valence-electron chi connectivity index (χ2n) is 2.18. The van der Waals surface area contributed by atoms with E-state index < -0.39 is 5.97 Å². The molecule has 1 heterocycles. The molecule has 1 aromatic heterocycles. The fraction of sp³-hybridized carbons (Fsp3) is 0.125. The van der Waals surface area contributed by atoms with Crippen molar-refractivity contribution in [1.82, 2.24) is 4.98 Å². The molecule has 0 unspecified atom stereocenters. The minimum atomic E-state index is -0.520. The fourth-order valence-corrected chi connectivity index (χ4v) is 0.801. The van der Waals surface area contributed by atoms with Crippen LogP contribution >= 0.6 is 0 Å². The summed E-state index contributed by atoms with van der Waals surface area (Å²) in [4.78, 5) is 14.8. The van der Waals surface area contributed by atoms with Crippen LogP contribution in [0.2, 0.25) is 0 Å². The third-order valence-electron chi connectivity index (χ3n) is 1.36. The number of hydrogen-bond donors (Lipinski definition) is 1. The van der Waals surface area contributed by atoms with Gasteiger partial charge in [-0.25, -0.2) is 9.78 Å². The maximum absolute atomic E-state index is 11.0. The van der Waals surface area contributed by atoms with Crippen LogP contribution in [0.1, 0.15) is 16.2 Å². The average molecular weight is 180 g/mol. The van der Waals surface area contributed by atoms with Crippen LogP contribution in [0.5, 0.6) is 0 Å². The summed E-state index contributed by atoms with van der Waals surface area (Å²) in [5.74, 6) is -0.520.